The molecule has 0 amide bonds. The fourth-order valence-corrected chi connectivity index (χ4v) is 1.51. The highest BCUT2D eigenvalue weighted by molar-refractivity contribution is 5.30. The Kier molecular flexibility index (Phi) is 3.10. The van der Waals surface area contributed by atoms with Gasteiger partial charge in [-0.3, -0.25) is 0 Å². The normalized spacial score (nSPS) is 10.3. The topological polar surface area (TPSA) is 53.1 Å². The maximum atomic E-state index is 5.74. The second-order valence-electron chi connectivity index (χ2n) is 3.49. The number of benzene rings is 1. The van der Waals surface area contributed by atoms with E-state index < -0.39 is 0 Å². The molecule has 84 valence electrons. The van der Waals surface area contributed by atoms with Crippen molar-refractivity contribution in [2.24, 2.45) is 0 Å². The van der Waals surface area contributed by atoms with E-state index in [1.807, 2.05) is 31.2 Å². The van der Waals surface area contributed by atoms with Crippen LogP contribution >= 0.6 is 0 Å². The van der Waals surface area contributed by atoms with Gasteiger partial charge in [-0.15, -0.1) is 0 Å². The molecule has 0 fully saturated rings. The summed E-state index contributed by atoms with van der Waals surface area (Å²) >= 11 is 0. The van der Waals surface area contributed by atoms with Crippen LogP contribution in [0.15, 0.2) is 36.5 Å². The highest BCUT2D eigenvalue weighted by Crippen LogP contribution is 2.13. The Morgan fingerprint density at radius 1 is 1.25 bits per heavy atom. The minimum atomic E-state index is 0.675. The lowest BCUT2D eigenvalue weighted by Crippen LogP contribution is -2.05. The van der Waals surface area contributed by atoms with E-state index in [1.165, 1.54) is 0 Å². The molecule has 16 heavy (non-hydrogen) atoms. The molecule has 2 rings (SSSR count). The molecule has 0 radical (unpaired) electrons. The van der Waals surface area contributed by atoms with E-state index in [9.17, 15) is 0 Å². The maximum absolute atomic E-state index is 5.74. The first-order valence-electron chi connectivity index (χ1n) is 5.28. The predicted octanol–water partition coefficient (Wildman–Crippen LogP) is 1.91. The lowest BCUT2D eigenvalue weighted by Gasteiger charge is -2.06. The molecule has 0 aliphatic heterocycles. The van der Waals surface area contributed by atoms with Crippen molar-refractivity contribution in [2.75, 3.05) is 12.3 Å². The van der Waals surface area contributed by atoms with Crippen molar-refractivity contribution in [3.8, 4) is 5.75 Å². The van der Waals surface area contributed by atoms with E-state index in [1.54, 1.807) is 16.9 Å². The second kappa shape index (κ2) is 4.70. The van der Waals surface area contributed by atoms with Gasteiger partial charge in [0.25, 0.3) is 0 Å². The first kappa shape index (κ1) is 10.5. The molecule has 1 heterocycles. The number of aromatic nitrogens is 2. The zero-order valence-electron chi connectivity index (χ0n) is 9.26. The zero-order valence-corrected chi connectivity index (χ0v) is 9.26. The first-order chi connectivity index (χ1) is 7.79. The molecule has 0 spiro atoms. The predicted molar refractivity (Wildman–Crippen MR) is 63.4 cm³/mol. The number of nitrogens with two attached hydrogens (primary N) is 1. The van der Waals surface area contributed by atoms with Crippen molar-refractivity contribution in [3.05, 3.63) is 42.1 Å². The van der Waals surface area contributed by atoms with Crippen LogP contribution in [-0.4, -0.2) is 16.4 Å². The molecule has 2 aromatic rings. The summed E-state index contributed by atoms with van der Waals surface area (Å²) in [7, 11) is 0. The van der Waals surface area contributed by atoms with Gasteiger partial charge in [-0.25, -0.2) is 4.68 Å². The van der Waals surface area contributed by atoms with E-state index in [4.69, 9.17) is 10.5 Å². The monoisotopic (exact) mass is 217 g/mol. The summed E-state index contributed by atoms with van der Waals surface area (Å²) in [5.74, 6) is 1.56. The third kappa shape index (κ3) is 2.34. The van der Waals surface area contributed by atoms with Crippen molar-refractivity contribution < 1.29 is 4.74 Å². The van der Waals surface area contributed by atoms with E-state index in [2.05, 4.69) is 5.10 Å². The average molecular weight is 217 g/mol. The van der Waals surface area contributed by atoms with Crippen molar-refractivity contribution in [3.63, 3.8) is 0 Å². The minimum absolute atomic E-state index is 0.675. The summed E-state index contributed by atoms with van der Waals surface area (Å²) in [6, 6.07) is 9.74. The molecular formula is C12H15N3O. The van der Waals surface area contributed by atoms with Crippen molar-refractivity contribution in [1.82, 2.24) is 9.78 Å². The molecule has 0 saturated carbocycles. The van der Waals surface area contributed by atoms with Crippen molar-refractivity contribution >= 4 is 5.82 Å². The molecule has 0 aliphatic rings. The Balaban J connectivity index is 2.08. The average Bonchev–Trinajstić information content (AvgIpc) is 2.68. The lowest BCUT2D eigenvalue weighted by atomic mass is 10.2. The molecule has 0 saturated heterocycles. The molecule has 4 heteroatoms. The third-order valence-electron chi connectivity index (χ3n) is 2.32. The van der Waals surface area contributed by atoms with Crippen LogP contribution in [0.1, 0.15) is 12.5 Å². The number of nitrogen functional groups attached to an aromatic ring is 1. The van der Waals surface area contributed by atoms with Gasteiger partial charge in [0.15, 0.2) is 0 Å². The summed E-state index contributed by atoms with van der Waals surface area (Å²) < 4.78 is 7.13. The number of ether oxygens (including phenoxy) is 1. The first-order valence-corrected chi connectivity index (χ1v) is 5.28. The molecule has 1 aromatic heterocycles. The van der Waals surface area contributed by atoms with Gasteiger partial charge in [0.05, 0.1) is 19.3 Å². The van der Waals surface area contributed by atoms with Gasteiger partial charge < -0.3 is 10.5 Å². The molecule has 2 N–H and O–H groups in total. The summed E-state index contributed by atoms with van der Waals surface area (Å²) in [6.07, 6.45) is 1.70. The van der Waals surface area contributed by atoms with E-state index in [-0.39, 0.29) is 0 Å². The fourth-order valence-electron chi connectivity index (χ4n) is 1.51. The molecular weight excluding hydrogens is 202 g/mol. The van der Waals surface area contributed by atoms with Crippen molar-refractivity contribution in [2.45, 2.75) is 13.5 Å². The fraction of sp³-hybridized carbons (Fsp3) is 0.250. The Bertz CT molecular complexity index is 448. The lowest BCUT2D eigenvalue weighted by molar-refractivity contribution is 0.340. The van der Waals surface area contributed by atoms with Gasteiger partial charge in [-0.1, -0.05) is 12.1 Å². The van der Waals surface area contributed by atoms with Crippen molar-refractivity contribution in [1.29, 1.82) is 0 Å². The molecule has 4 nitrogen and oxygen atoms in total. The smallest absolute Gasteiger partial charge is 0.122 e. The van der Waals surface area contributed by atoms with Gasteiger partial charge in [-0.05, 0) is 30.7 Å². The van der Waals surface area contributed by atoms with Crippen LogP contribution in [0.2, 0.25) is 0 Å². The second-order valence-corrected chi connectivity index (χ2v) is 3.49. The van der Waals surface area contributed by atoms with Gasteiger partial charge in [0.1, 0.15) is 11.6 Å². The standard InChI is InChI=1S/C12H15N3O/c1-2-16-11-5-3-10(4-6-11)9-15-12(13)7-8-14-15/h3-8H,2,9,13H2,1H3. The van der Waals surface area contributed by atoms with Crippen LogP contribution in [0.5, 0.6) is 5.75 Å². The number of hydrogen-bond donors (Lipinski definition) is 1. The largest absolute Gasteiger partial charge is 0.494 e. The third-order valence-corrected chi connectivity index (χ3v) is 2.32. The van der Waals surface area contributed by atoms with Gasteiger partial charge >= 0.3 is 0 Å². The van der Waals surface area contributed by atoms with Crippen LogP contribution in [-0.2, 0) is 6.54 Å². The Morgan fingerprint density at radius 3 is 2.56 bits per heavy atom. The molecule has 0 aliphatic carbocycles. The van der Waals surface area contributed by atoms with Crippen LogP contribution in [0.3, 0.4) is 0 Å². The minimum Gasteiger partial charge on any atom is -0.494 e. The SMILES string of the molecule is CCOc1ccc(Cn2nccc2N)cc1. The summed E-state index contributed by atoms with van der Waals surface area (Å²) in [6.45, 7) is 3.34. The maximum Gasteiger partial charge on any atom is 0.122 e. The van der Waals surface area contributed by atoms with E-state index >= 15 is 0 Å². The number of rotatable bonds is 4. The molecule has 0 atom stereocenters. The molecule has 1 aromatic carbocycles. The highest BCUT2D eigenvalue weighted by Gasteiger charge is 2.00. The Hall–Kier alpha value is -1.97. The zero-order chi connectivity index (χ0) is 11.4. The molecule has 0 bridgehead atoms. The van der Waals surface area contributed by atoms with Gasteiger partial charge in [0, 0.05) is 0 Å². The van der Waals surface area contributed by atoms with E-state index in [0.717, 1.165) is 11.3 Å². The summed E-state index contributed by atoms with van der Waals surface area (Å²) in [5.41, 5.74) is 6.89. The summed E-state index contributed by atoms with van der Waals surface area (Å²) in [5, 5.41) is 4.13. The molecule has 0 unspecified atom stereocenters. The van der Waals surface area contributed by atoms with E-state index in [0.29, 0.717) is 19.0 Å². The van der Waals surface area contributed by atoms with Gasteiger partial charge in [-0.2, -0.15) is 5.10 Å². The number of nitrogens with zero attached hydrogens (tertiary/aromatic N) is 2. The van der Waals surface area contributed by atoms with Gasteiger partial charge in [0.2, 0.25) is 0 Å². The van der Waals surface area contributed by atoms with Crippen LogP contribution in [0, 0.1) is 0 Å². The Labute approximate surface area is 94.6 Å². The quantitative estimate of drug-likeness (QED) is 0.851. The van der Waals surface area contributed by atoms with Crippen LogP contribution in [0.4, 0.5) is 5.82 Å². The Morgan fingerprint density at radius 2 is 2.00 bits per heavy atom. The number of hydrogen-bond acceptors (Lipinski definition) is 3. The number of anilines is 1. The summed E-state index contributed by atoms with van der Waals surface area (Å²) in [4.78, 5) is 0. The van der Waals surface area contributed by atoms with Crippen LogP contribution in [0.25, 0.3) is 0 Å². The highest BCUT2D eigenvalue weighted by atomic mass is 16.5. The van der Waals surface area contributed by atoms with Crippen LogP contribution < -0.4 is 10.5 Å².